The lowest BCUT2D eigenvalue weighted by Gasteiger charge is -2.15. The normalized spacial score (nSPS) is 16.3. The van der Waals surface area contributed by atoms with Crippen molar-refractivity contribution in [3.8, 4) is 0 Å². The highest BCUT2D eigenvalue weighted by molar-refractivity contribution is 5.93. The summed E-state index contributed by atoms with van der Waals surface area (Å²) in [6.07, 6.45) is 4.70. The van der Waals surface area contributed by atoms with E-state index in [4.69, 9.17) is 4.74 Å². The van der Waals surface area contributed by atoms with Gasteiger partial charge < -0.3 is 15.0 Å². The van der Waals surface area contributed by atoms with Gasteiger partial charge in [0.05, 0.1) is 5.56 Å². The summed E-state index contributed by atoms with van der Waals surface area (Å²) in [5.74, 6) is -0.144. The first-order valence-electron chi connectivity index (χ1n) is 6.11. The highest BCUT2D eigenvalue weighted by Gasteiger charge is 2.42. The number of aromatic amines is 1. The first-order valence-corrected chi connectivity index (χ1v) is 6.11. The summed E-state index contributed by atoms with van der Waals surface area (Å²) in [7, 11) is 1.69. The van der Waals surface area contributed by atoms with Crippen LogP contribution in [0, 0.1) is 5.41 Å². The zero-order valence-corrected chi connectivity index (χ0v) is 10.5. The van der Waals surface area contributed by atoms with Crippen LogP contribution in [0.15, 0.2) is 23.1 Å². The maximum Gasteiger partial charge on any atom is 0.252 e. The van der Waals surface area contributed by atoms with Gasteiger partial charge in [-0.1, -0.05) is 0 Å². The van der Waals surface area contributed by atoms with E-state index in [1.165, 1.54) is 18.3 Å². The number of rotatable bonds is 6. The fraction of sp³-hybridized carbons (Fsp3) is 0.538. The third-order valence-corrected chi connectivity index (χ3v) is 3.46. The Balaban J connectivity index is 1.85. The average Bonchev–Trinajstić information content (AvgIpc) is 3.15. The van der Waals surface area contributed by atoms with Gasteiger partial charge in [0.15, 0.2) is 0 Å². The molecule has 0 unspecified atom stereocenters. The number of hydrogen-bond acceptors (Lipinski definition) is 3. The third kappa shape index (κ3) is 3.20. The first-order chi connectivity index (χ1) is 8.65. The molecule has 1 aliphatic carbocycles. The van der Waals surface area contributed by atoms with Crippen LogP contribution in [-0.4, -0.2) is 31.2 Å². The molecule has 18 heavy (non-hydrogen) atoms. The Hall–Kier alpha value is -1.62. The number of H-pyrrole nitrogens is 1. The second-order valence-corrected chi connectivity index (χ2v) is 4.87. The maximum absolute atomic E-state index is 11.8. The lowest BCUT2D eigenvalue weighted by Crippen LogP contribution is -2.31. The van der Waals surface area contributed by atoms with Gasteiger partial charge in [0.2, 0.25) is 5.56 Å². The molecular weight excluding hydrogens is 232 g/mol. The summed E-state index contributed by atoms with van der Waals surface area (Å²) in [6.45, 7) is 1.41. The van der Waals surface area contributed by atoms with Crippen LogP contribution in [0.5, 0.6) is 0 Å². The van der Waals surface area contributed by atoms with Crippen LogP contribution in [-0.2, 0) is 4.74 Å². The molecule has 2 N–H and O–H groups in total. The molecule has 0 atom stereocenters. The van der Waals surface area contributed by atoms with Crippen molar-refractivity contribution in [3.63, 3.8) is 0 Å². The Labute approximate surface area is 106 Å². The lowest BCUT2D eigenvalue weighted by atomic mass is 10.0. The third-order valence-electron chi connectivity index (χ3n) is 3.46. The van der Waals surface area contributed by atoms with Crippen molar-refractivity contribution < 1.29 is 9.53 Å². The zero-order chi connectivity index (χ0) is 13.0. The number of carbonyl (C=O) groups excluding carboxylic acids is 1. The highest BCUT2D eigenvalue weighted by atomic mass is 16.5. The molecule has 5 nitrogen and oxygen atoms in total. The van der Waals surface area contributed by atoms with Crippen molar-refractivity contribution in [2.24, 2.45) is 5.41 Å². The van der Waals surface area contributed by atoms with Crippen molar-refractivity contribution in [1.82, 2.24) is 10.3 Å². The first kappa shape index (κ1) is 12.8. The highest BCUT2D eigenvalue weighted by Crippen LogP contribution is 2.48. The quantitative estimate of drug-likeness (QED) is 0.788. The van der Waals surface area contributed by atoms with Gasteiger partial charge in [0, 0.05) is 32.5 Å². The maximum atomic E-state index is 11.8. The molecule has 1 fully saturated rings. The van der Waals surface area contributed by atoms with Crippen LogP contribution in [0.25, 0.3) is 0 Å². The molecule has 1 heterocycles. The van der Waals surface area contributed by atoms with E-state index in [9.17, 15) is 9.59 Å². The van der Waals surface area contributed by atoms with Gasteiger partial charge in [-0.3, -0.25) is 9.59 Å². The van der Waals surface area contributed by atoms with E-state index < -0.39 is 0 Å². The van der Waals surface area contributed by atoms with E-state index in [0.29, 0.717) is 12.1 Å². The molecule has 0 saturated heterocycles. The van der Waals surface area contributed by atoms with Crippen LogP contribution in [0.2, 0.25) is 0 Å². The largest absolute Gasteiger partial charge is 0.385 e. The standard InChI is InChI=1S/C13H18N2O3/c1-18-7-6-13(4-5-13)9-15-12(17)10-2-3-11(16)14-8-10/h2-3,8H,4-7,9H2,1H3,(H,14,16)(H,15,17). The number of aromatic nitrogens is 1. The van der Waals surface area contributed by atoms with Crippen LogP contribution in [0.4, 0.5) is 0 Å². The number of nitrogens with one attached hydrogen (secondary N) is 2. The molecule has 0 bridgehead atoms. The van der Waals surface area contributed by atoms with Crippen LogP contribution < -0.4 is 10.9 Å². The molecule has 2 rings (SSSR count). The van der Waals surface area contributed by atoms with Crippen molar-refractivity contribution in [2.45, 2.75) is 19.3 Å². The number of methoxy groups -OCH3 is 1. The van der Waals surface area contributed by atoms with Crippen molar-refractivity contribution in [3.05, 3.63) is 34.2 Å². The molecule has 0 aliphatic heterocycles. The fourth-order valence-corrected chi connectivity index (χ4v) is 1.93. The summed E-state index contributed by atoms with van der Waals surface area (Å²) in [5, 5.41) is 2.91. The van der Waals surface area contributed by atoms with Gasteiger partial charge in [-0.05, 0) is 30.7 Å². The van der Waals surface area contributed by atoms with Gasteiger partial charge in [0.25, 0.3) is 5.91 Å². The topological polar surface area (TPSA) is 71.2 Å². The Kier molecular flexibility index (Phi) is 3.81. The minimum absolute atomic E-state index is 0.144. The van der Waals surface area contributed by atoms with Gasteiger partial charge in [-0.15, -0.1) is 0 Å². The monoisotopic (exact) mass is 250 g/mol. The van der Waals surface area contributed by atoms with Gasteiger partial charge in [-0.2, -0.15) is 0 Å². The number of ether oxygens (including phenoxy) is 1. The zero-order valence-electron chi connectivity index (χ0n) is 10.5. The van der Waals surface area contributed by atoms with Crippen LogP contribution in [0.3, 0.4) is 0 Å². The van der Waals surface area contributed by atoms with Crippen LogP contribution >= 0.6 is 0 Å². The van der Waals surface area contributed by atoms with E-state index in [1.54, 1.807) is 7.11 Å². The molecule has 1 aromatic rings. The predicted molar refractivity (Wildman–Crippen MR) is 67.6 cm³/mol. The van der Waals surface area contributed by atoms with E-state index in [-0.39, 0.29) is 16.9 Å². The number of carbonyl (C=O) groups is 1. The van der Waals surface area contributed by atoms with Gasteiger partial charge in [0.1, 0.15) is 0 Å². The molecule has 1 amide bonds. The predicted octanol–water partition coefficient (Wildman–Crippen LogP) is 0.921. The Bertz CT molecular complexity index is 457. The van der Waals surface area contributed by atoms with Crippen LogP contribution in [0.1, 0.15) is 29.6 Å². The summed E-state index contributed by atoms with van der Waals surface area (Å²) < 4.78 is 5.07. The van der Waals surface area contributed by atoms with Crippen molar-refractivity contribution in [2.75, 3.05) is 20.3 Å². The lowest BCUT2D eigenvalue weighted by molar-refractivity contribution is 0.0937. The number of amides is 1. The fourth-order valence-electron chi connectivity index (χ4n) is 1.93. The van der Waals surface area contributed by atoms with Crippen molar-refractivity contribution in [1.29, 1.82) is 0 Å². The summed E-state index contributed by atoms with van der Waals surface area (Å²) in [6, 6.07) is 2.88. The molecule has 0 spiro atoms. The second-order valence-electron chi connectivity index (χ2n) is 4.87. The Morgan fingerprint density at radius 3 is 2.83 bits per heavy atom. The summed E-state index contributed by atoms with van der Waals surface area (Å²) >= 11 is 0. The average molecular weight is 250 g/mol. The SMILES string of the molecule is COCCC1(CNC(=O)c2ccc(=O)[nH]c2)CC1. The molecule has 0 radical (unpaired) electrons. The van der Waals surface area contributed by atoms with Gasteiger partial charge >= 0.3 is 0 Å². The summed E-state index contributed by atoms with van der Waals surface area (Å²) in [5.41, 5.74) is 0.510. The smallest absolute Gasteiger partial charge is 0.252 e. The van der Waals surface area contributed by atoms with Gasteiger partial charge in [-0.25, -0.2) is 0 Å². The Morgan fingerprint density at radius 1 is 1.50 bits per heavy atom. The minimum Gasteiger partial charge on any atom is -0.385 e. The molecule has 0 aromatic carbocycles. The number of hydrogen-bond donors (Lipinski definition) is 2. The molecule has 98 valence electrons. The van der Waals surface area contributed by atoms with E-state index in [1.807, 2.05) is 0 Å². The van der Waals surface area contributed by atoms with E-state index >= 15 is 0 Å². The number of pyridine rings is 1. The molecule has 1 saturated carbocycles. The van der Waals surface area contributed by atoms with E-state index in [2.05, 4.69) is 10.3 Å². The summed E-state index contributed by atoms with van der Waals surface area (Å²) in [4.78, 5) is 25.2. The molecule has 5 heteroatoms. The van der Waals surface area contributed by atoms with Crippen molar-refractivity contribution >= 4 is 5.91 Å². The minimum atomic E-state index is -0.203. The van der Waals surface area contributed by atoms with E-state index in [0.717, 1.165) is 25.9 Å². The molecule has 1 aliphatic rings. The molecular formula is C13H18N2O3. The Morgan fingerprint density at radius 2 is 2.28 bits per heavy atom. The second kappa shape index (κ2) is 5.35. The molecule has 1 aromatic heterocycles.